The Kier molecular flexibility index (Phi) is 5.07. The van der Waals surface area contributed by atoms with Crippen molar-refractivity contribution in [1.82, 2.24) is 0 Å². The Morgan fingerprint density at radius 2 is 2.05 bits per heavy atom. The predicted octanol–water partition coefficient (Wildman–Crippen LogP) is 4.70. The molecule has 1 aromatic rings. The fourth-order valence-corrected chi connectivity index (χ4v) is 2.99. The molecule has 0 heterocycles. The van der Waals surface area contributed by atoms with E-state index in [1.54, 1.807) is 37.3 Å². The van der Waals surface area contributed by atoms with Crippen LogP contribution >= 0.6 is 0 Å². The van der Waals surface area contributed by atoms with Crippen LogP contribution in [0.4, 0.5) is 0 Å². The SMILES string of the molecule is C=Cc1ccc(O)cc1/C=C(\C)C(=O)OC1(CC)CCCC1. The fraction of sp³-hybridized carbons (Fsp3) is 0.421. The molecule has 2 rings (SSSR count). The van der Waals surface area contributed by atoms with Crippen molar-refractivity contribution in [1.29, 1.82) is 0 Å². The predicted molar refractivity (Wildman–Crippen MR) is 89.4 cm³/mol. The molecule has 1 N–H and O–H groups in total. The van der Waals surface area contributed by atoms with Gasteiger partial charge in [0.25, 0.3) is 0 Å². The summed E-state index contributed by atoms with van der Waals surface area (Å²) in [7, 11) is 0. The summed E-state index contributed by atoms with van der Waals surface area (Å²) in [6, 6.07) is 5.00. The van der Waals surface area contributed by atoms with E-state index in [4.69, 9.17) is 4.74 Å². The first-order valence-corrected chi connectivity index (χ1v) is 7.87. The van der Waals surface area contributed by atoms with Gasteiger partial charge in [0, 0.05) is 5.57 Å². The molecule has 0 unspecified atom stereocenters. The molecule has 1 aliphatic carbocycles. The van der Waals surface area contributed by atoms with Gasteiger partial charge in [-0.1, -0.05) is 25.6 Å². The van der Waals surface area contributed by atoms with Gasteiger partial charge in [-0.3, -0.25) is 0 Å². The van der Waals surface area contributed by atoms with Gasteiger partial charge in [-0.15, -0.1) is 0 Å². The quantitative estimate of drug-likeness (QED) is 0.633. The number of phenols is 1. The van der Waals surface area contributed by atoms with Gasteiger partial charge < -0.3 is 9.84 Å². The number of ether oxygens (including phenoxy) is 1. The monoisotopic (exact) mass is 300 g/mol. The first kappa shape index (κ1) is 16.3. The van der Waals surface area contributed by atoms with Crippen molar-refractivity contribution in [2.24, 2.45) is 0 Å². The van der Waals surface area contributed by atoms with Gasteiger partial charge in [0.1, 0.15) is 11.4 Å². The van der Waals surface area contributed by atoms with E-state index >= 15 is 0 Å². The number of benzene rings is 1. The maximum atomic E-state index is 12.4. The van der Waals surface area contributed by atoms with E-state index in [-0.39, 0.29) is 17.3 Å². The molecule has 0 radical (unpaired) electrons. The van der Waals surface area contributed by atoms with Gasteiger partial charge in [0.05, 0.1) is 0 Å². The van der Waals surface area contributed by atoms with E-state index in [0.29, 0.717) is 5.57 Å². The highest BCUT2D eigenvalue weighted by molar-refractivity contribution is 5.94. The molecule has 3 nitrogen and oxygen atoms in total. The highest BCUT2D eigenvalue weighted by atomic mass is 16.6. The van der Waals surface area contributed by atoms with Crippen LogP contribution in [0.25, 0.3) is 12.2 Å². The lowest BCUT2D eigenvalue weighted by Gasteiger charge is -2.27. The maximum Gasteiger partial charge on any atom is 0.334 e. The van der Waals surface area contributed by atoms with E-state index in [9.17, 15) is 9.90 Å². The third-order valence-corrected chi connectivity index (χ3v) is 4.45. The first-order chi connectivity index (χ1) is 10.5. The largest absolute Gasteiger partial charge is 0.508 e. The average Bonchev–Trinajstić information content (AvgIpc) is 2.96. The lowest BCUT2D eigenvalue weighted by molar-refractivity contribution is -0.154. The van der Waals surface area contributed by atoms with Gasteiger partial charge in [0.2, 0.25) is 0 Å². The molecular weight excluding hydrogens is 276 g/mol. The molecule has 0 aromatic heterocycles. The molecule has 0 aliphatic heterocycles. The molecule has 118 valence electrons. The Hall–Kier alpha value is -2.03. The molecule has 1 aliphatic rings. The molecule has 0 bridgehead atoms. The van der Waals surface area contributed by atoms with E-state index in [2.05, 4.69) is 13.5 Å². The Morgan fingerprint density at radius 1 is 1.36 bits per heavy atom. The summed E-state index contributed by atoms with van der Waals surface area (Å²) < 4.78 is 5.79. The number of hydrogen-bond donors (Lipinski definition) is 1. The topological polar surface area (TPSA) is 46.5 Å². The minimum atomic E-state index is -0.285. The summed E-state index contributed by atoms with van der Waals surface area (Å²) in [4.78, 5) is 12.4. The van der Waals surface area contributed by atoms with E-state index < -0.39 is 0 Å². The molecule has 0 saturated heterocycles. The number of carbonyl (C=O) groups excluding carboxylic acids is 1. The summed E-state index contributed by atoms with van der Waals surface area (Å²) in [5, 5.41) is 9.61. The second-order valence-corrected chi connectivity index (χ2v) is 5.98. The van der Waals surface area contributed by atoms with Gasteiger partial charge in [-0.05, 0) is 68.4 Å². The average molecular weight is 300 g/mol. The minimum Gasteiger partial charge on any atom is -0.508 e. The Bertz CT molecular complexity index is 593. The van der Waals surface area contributed by atoms with Crippen molar-refractivity contribution >= 4 is 18.1 Å². The van der Waals surface area contributed by atoms with Crippen LogP contribution in [0.15, 0.2) is 30.4 Å². The zero-order chi connectivity index (χ0) is 16.2. The Labute approximate surface area is 132 Å². The van der Waals surface area contributed by atoms with Gasteiger partial charge in [-0.25, -0.2) is 4.79 Å². The van der Waals surface area contributed by atoms with Crippen molar-refractivity contribution in [3.8, 4) is 5.75 Å². The molecule has 0 amide bonds. The Balaban J connectivity index is 2.19. The molecule has 0 spiro atoms. The normalized spacial score (nSPS) is 17.3. The first-order valence-electron chi connectivity index (χ1n) is 7.87. The van der Waals surface area contributed by atoms with Crippen LogP contribution in [0, 0.1) is 0 Å². The van der Waals surface area contributed by atoms with Crippen molar-refractivity contribution in [3.05, 3.63) is 41.5 Å². The van der Waals surface area contributed by atoms with Crippen LogP contribution in [0.5, 0.6) is 5.75 Å². The van der Waals surface area contributed by atoms with E-state index in [1.807, 2.05) is 0 Å². The smallest absolute Gasteiger partial charge is 0.334 e. The molecule has 22 heavy (non-hydrogen) atoms. The molecular formula is C19H24O3. The van der Waals surface area contributed by atoms with Crippen LogP contribution in [-0.4, -0.2) is 16.7 Å². The fourth-order valence-electron chi connectivity index (χ4n) is 2.99. The molecule has 3 heteroatoms. The highest BCUT2D eigenvalue weighted by Crippen LogP contribution is 2.36. The van der Waals surface area contributed by atoms with Crippen molar-refractivity contribution in [3.63, 3.8) is 0 Å². The summed E-state index contributed by atoms with van der Waals surface area (Å²) in [5.41, 5.74) is 1.89. The number of phenolic OH excluding ortho intramolecular Hbond substituents is 1. The number of rotatable bonds is 5. The summed E-state index contributed by atoms with van der Waals surface area (Å²) in [6.45, 7) is 7.57. The highest BCUT2D eigenvalue weighted by Gasteiger charge is 2.36. The van der Waals surface area contributed by atoms with Crippen LogP contribution in [0.3, 0.4) is 0 Å². The number of esters is 1. The number of aromatic hydroxyl groups is 1. The molecule has 1 saturated carbocycles. The minimum absolute atomic E-state index is 0.166. The van der Waals surface area contributed by atoms with E-state index in [0.717, 1.165) is 43.2 Å². The van der Waals surface area contributed by atoms with Crippen LogP contribution in [0.1, 0.15) is 57.1 Å². The van der Waals surface area contributed by atoms with Crippen LogP contribution in [-0.2, 0) is 9.53 Å². The zero-order valence-corrected chi connectivity index (χ0v) is 13.4. The third-order valence-electron chi connectivity index (χ3n) is 4.45. The van der Waals surface area contributed by atoms with Crippen molar-refractivity contribution < 1.29 is 14.6 Å². The van der Waals surface area contributed by atoms with Gasteiger partial charge >= 0.3 is 5.97 Å². The van der Waals surface area contributed by atoms with Gasteiger partial charge in [-0.2, -0.15) is 0 Å². The molecule has 1 aromatic carbocycles. The maximum absolute atomic E-state index is 12.4. The number of hydrogen-bond acceptors (Lipinski definition) is 3. The van der Waals surface area contributed by atoms with Crippen molar-refractivity contribution in [2.45, 2.75) is 51.6 Å². The van der Waals surface area contributed by atoms with Crippen LogP contribution in [0.2, 0.25) is 0 Å². The number of carbonyl (C=O) groups is 1. The standard InChI is InChI=1S/C19H24O3/c1-4-15-8-9-17(20)13-16(15)12-14(3)18(21)22-19(5-2)10-6-7-11-19/h4,8-9,12-13,20H,1,5-7,10-11H2,2-3H3/b14-12+. The second-order valence-electron chi connectivity index (χ2n) is 5.98. The molecule has 1 fully saturated rings. The lowest BCUT2D eigenvalue weighted by Crippen LogP contribution is -2.31. The summed E-state index contributed by atoms with van der Waals surface area (Å²) in [6.07, 6.45) is 8.45. The second kappa shape index (κ2) is 6.82. The van der Waals surface area contributed by atoms with Gasteiger partial charge in [0.15, 0.2) is 0 Å². The third kappa shape index (κ3) is 3.59. The summed E-state index contributed by atoms with van der Waals surface area (Å²) >= 11 is 0. The Morgan fingerprint density at radius 3 is 2.64 bits per heavy atom. The van der Waals surface area contributed by atoms with E-state index in [1.165, 1.54) is 0 Å². The molecule has 0 atom stereocenters. The lowest BCUT2D eigenvalue weighted by atomic mass is 9.98. The summed E-state index contributed by atoms with van der Waals surface area (Å²) in [5.74, 6) is -0.110. The zero-order valence-electron chi connectivity index (χ0n) is 13.4. The van der Waals surface area contributed by atoms with Crippen LogP contribution < -0.4 is 0 Å². The van der Waals surface area contributed by atoms with Crippen molar-refractivity contribution in [2.75, 3.05) is 0 Å².